The Bertz CT molecular complexity index is 603. The van der Waals surface area contributed by atoms with Crippen molar-refractivity contribution in [2.45, 2.75) is 0 Å². The predicted molar refractivity (Wildman–Crippen MR) is 10.2 cm³/mol. The monoisotopic (exact) mass is 397 g/mol. The average molecular weight is 397 g/mol. The molecule has 0 unspecified atom stereocenters. The average Bonchev–Trinajstić information content (AvgIpc) is 1.41. The quantitative estimate of drug-likeness (QED) is 0.350. The van der Waals surface area contributed by atoms with Crippen LogP contribution in [-0.2, 0) is 83.7 Å². The second-order valence-electron chi connectivity index (χ2n) is 1.13. The summed E-state index contributed by atoms with van der Waals surface area (Å²) in [7, 11) is 0. The predicted octanol–water partition coefficient (Wildman–Crippen LogP) is -4.61. The van der Waals surface area contributed by atoms with Gasteiger partial charge >= 0.3 is 113 Å². The molecule has 0 aromatic carbocycles. The van der Waals surface area contributed by atoms with Crippen molar-refractivity contribution in [2.24, 2.45) is 0 Å². The molecule has 0 aromatic rings. The van der Waals surface area contributed by atoms with Crippen LogP contribution < -0.4 is 29.6 Å². The molecule has 101 valence electrons. The molecule has 17 heavy (non-hydrogen) atoms. The zero-order chi connectivity index (χ0) is 13.5. The summed E-state index contributed by atoms with van der Waals surface area (Å²) in [5.41, 5.74) is 0. The van der Waals surface area contributed by atoms with E-state index in [4.69, 9.17) is 46.0 Å². The van der Waals surface area contributed by atoms with E-state index in [9.17, 15) is 0 Å². The normalized spacial score (nSPS) is 9.88. The van der Waals surface area contributed by atoms with E-state index < -0.39 is 37.7 Å². The zero-order valence-electron chi connectivity index (χ0n) is 7.48. The summed E-state index contributed by atoms with van der Waals surface area (Å²) in [6, 6.07) is 0. The summed E-state index contributed by atoms with van der Waals surface area (Å²) in [6.07, 6.45) is 0. The Labute approximate surface area is 118 Å². The third kappa shape index (κ3) is 229000. The van der Waals surface area contributed by atoms with Crippen molar-refractivity contribution in [1.29, 1.82) is 0 Å². The van der Waals surface area contributed by atoms with Gasteiger partial charge in [-0.15, -0.1) is 0 Å². The molecular weight excluding hydrogens is 396 g/mol. The van der Waals surface area contributed by atoms with Crippen LogP contribution in [0.3, 0.4) is 0 Å². The van der Waals surface area contributed by atoms with Crippen molar-refractivity contribution in [3.63, 3.8) is 0 Å². The minimum atomic E-state index is -5.62. The molecule has 0 saturated heterocycles. The van der Waals surface area contributed by atoms with Crippen LogP contribution in [0.25, 0.3) is 0 Å². The van der Waals surface area contributed by atoms with Crippen molar-refractivity contribution >= 4 is 0 Å². The molecule has 0 aliphatic heterocycles. The number of hydrogen-bond acceptors (Lipinski definition) is 13. The SMILES string of the molecule is [Na+].[OH-].[O]=[Mn](=[O])(=[O])=[O].[O]=[Mn](=[O])(=[O])=[O].[O]=[Mn](=[O])(=[O])=[O]. The third-order valence-corrected chi connectivity index (χ3v) is 0. The van der Waals surface area contributed by atoms with Crippen LogP contribution >= 0.6 is 0 Å². The van der Waals surface area contributed by atoms with Crippen LogP contribution in [0.4, 0.5) is 0 Å². The van der Waals surface area contributed by atoms with Gasteiger partial charge in [-0.3, -0.25) is 0 Å². The minimum absolute atomic E-state index is 0. The molecule has 0 fully saturated rings. The van der Waals surface area contributed by atoms with Crippen molar-refractivity contribution in [1.82, 2.24) is 0 Å². The fourth-order valence-electron chi connectivity index (χ4n) is 0. The van der Waals surface area contributed by atoms with Gasteiger partial charge in [0.15, 0.2) is 0 Å². The van der Waals surface area contributed by atoms with Gasteiger partial charge in [-0.2, -0.15) is 0 Å². The van der Waals surface area contributed by atoms with E-state index in [0.717, 1.165) is 0 Å². The molecule has 0 atom stereocenters. The molecule has 0 spiro atoms. The van der Waals surface area contributed by atoms with E-state index in [0.29, 0.717) is 0 Å². The number of rotatable bonds is 0. The molecule has 0 amide bonds. The van der Waals surface area contributed by atoms with Gasteiger partial charge in [-0.05, 0) is 0 Å². The number of hydrogen-bond donors (Lipinski definition) is 0. The molecule has 0 bridgehead atoms. The fourth-order valence-corrected chi connectivity index (χ4v) is 0. The van der Waals surface area contributed by atoms with Gasteiger partial charge in [0, 0.05) is 0 Å². The van der Waals surface area contributed by atoms with Crippen molar-refractivity contribution < 1.29 is 119 Å². The molecule has 0 rings (SSSR count). The van der Waals surface area contributed by atoms with Gasteiger partial charge in [0.1, 0.15) is 0 Å². The summed E-state index contributed by atoms with van der Waals surface area (Å²) in [5, 5.41) is 0. The van der Waals surface area contributed by atoms with Crippen LogP contribution in [0.1, 0.15) is 0 Å². The van der Waals surface area contributed by atoms with E-state index in [1.54, 1.807) is 0 Å². The van der Waals surface area contributed by atoms with Crippen LogP contribution in [0.5, 0.6) is 0 Å². The molecule has 0 aliphatic carbocycles. The van der Waals surface area contributed by atoms with E-state index >= 15 is 0 Å². The first-order chi connectivity index (χ1) is 6.00. The molecule has 17 heteroatoms. The van der Waals surface area contributed by atoms with Crippen molar-refractivity contribution in [2.75, 3.05) is 0 Å². The Morgan fingerprint density at radius 2 is 0.353 bits per heavy atom. The zero-order valence-corrected chi connectivity index (χ0v) is 13.0. The molecule has 0 heterocycles. The topological polar surface area (TPSA) is 235 Å². The van der Waals surface area contributed by atoms with Crippen molar-refractivity contribution in [3.8, 4) is 0 Å². The standard InChI is InChI=1S/3Mn.Na.H2O.12O/h;;;;1H2;;;;;;;;;;;;/q;;;+1;;;;;;;;;;;;;/p-1. The van der Waals surface area contributed by atoms with E-state index in [2.05, 4.69) is 0 Å². The first-order valence-corrected chi connectivity index (χ1v) is 7.63. The summed E-state index contributed by atoms with van der Waals surface area (Å²) < 4.78 is 103. The first-order valence-electron chi connectivity index (χ1n) is 1.85. The Balaban J connectivity index is -0.0000000400. The summed E-state index contributed by atoms with van der Waals surface area (Å²) >= 11 is -16.9. The summed E-state index contributed by atoms with van der Waals surface area (Å²) in [4.78, 5) is 0. The Morgan fingerprint density at radius 3 is 0.353 bits per heavy atom. The van der Waals surface area contributed by atoms with E-state index in [1.165, 1.54) is 0 Å². The molecule has 1 N–H and O–H groups in total. The molecule has 0 saturated carbocycles. The van der Waals surface area contributed by atoms with E-state index in [1.807, 2.05) is 0 Å². The van der Waals surface area contributed by atoms with Crippen LogP contribution in [0, 0.1) is 0 Å². The maximum atomic E-state index is 8.58. The fraction of sp³-hybridized carbons (Fsp3) is 0. The van der Waals surface area contributed by atoms with Gasteiger partial charge in [0.05, 0.1) is 0 Å². The second kappa shape index (κ2) is 11.2. The van der Waals surface area contributed by atoms with Gasteiger partial charge in [0.25, 0.3) is 0 Å². The summed E-state index contributed by atoms with van der Waals surface area (Å²) in [6.45, 7) is 0. The Morgan fingerprint density at radius 1 is 0.353 bits per heavy atom. The van der Waals surface area contributed by atoms with Gasteiger partial charge in [-0.25, -0.2) is 0 Å². The Hall–Kier alpha value is 0.118. The van der Waals surface area contributed by atoms with E-state index in [-0.39, 0.29) is 35.0 Å². The van der Waals surface area contributed by atoms with Crippen LogP contribution in [-0.4, -0.2) is 5.48 Å². The third-order valence-electron chi connectivity index (χ3n) is 0. The molecular formula is HMn3NaO13. The molecule has 0 aliphatic rings. The van der Waals surface area contributed by atoms with Crippen molar-refractivity contribution in [3.05, 3.63) is 0 Å². The Kier molecular flexibility index (Phi) is 20.0. The van der Waals surface area contributed by atoms with Gasteiger partial charge < -0.3 is 5.48 Å². The first kappa shape index (κ1) is 30.3. The van der Waals surface area contributed by atoms with Crippen LogP contribution in [0.2, 0.25) is 0 Å². The molecule has 13 nitrogen and oxygen atoms in total. The van der Waals surface area contributed by atoms with Gasteiger partial charge in [-0.1, -0.05) is 0 Å². The van der Waals surface area contributed by atoms with Crippen LogP contribution in [0.15, 0.2) is 0 Å². The maximum absolute atomic E-state index is 8.58. The van der Waals surface area contributed by atoms with Gasteiger partial charge in [0.2, 0.25) is 0 Å². The molecule has 0 radical (unpaired) electrons. The summed E-state index contributed by atoms with van der Waals surface area (Å²) in [5.74, 6) is 0. The molecule has 0 aromatic heterocycles. The second-order valence-corrected chi connectivity index (χ2v) is 4.68.